The normalized spacial score (nSPS) is 10.7. The largest absolute Gasteiger partial charge is 0.375 e. The van der Waals surface area contributed by atoms with Gasteiger partial charge in [0.25, 0.3) is 5.91 Å². The van der Waals surface area contributed by atoms with E-state index < -0.39 is 0 Å². The number of methoxy groups -OCH3 is 1. The lowest BCUT2D eigenvalue weighted by Gasteiger charge is -2.28. The van der Waals surface area contributed by atoms with Crippen molar-refractivity contribution in [1.29, 1.82) is 0 Å². The molecular weight excluding hydrogens is 238 g/mol. The van der Waals surface area contributed by atoms with Gasteiger partial charge in [-0.05, 0) is 69.4 Å². The predicted molar refractivity (Wildman–Crippen MR) is 80.0 cm³/mol. The molecule has 0 fully saturated rings. The maximum absolute atomic E-state index is 12.2. The van der Waals surface area contributed by atoms with Gasteiger partial charge in [0.05, 0.1) is 5.69 Å². The van der Waals surface area contributed by atoms with E-state index in [1.165, 1.54) is 27.8 Å². The molecule has 1 rings (SSSR count). The monoisotopic (exact) mass is 263 g/mol. The molecule has 0 saturated carbocycles. The number of rotatable bonds is 4. The fourth-order valence-corrected chi connectivity index (χ4v) is 2.55. The Bertz CT molecular complexity index is 463. The molecule has 0 aromatic heterocycles. The summed E-state index contributed by atoms with van der Waals surface area (Å²) in [5.41, 5.74) is 7.27. The molecule has 0 heterocycles. The summed E-state index contributed by atoms with van der Waals surface area (Å²) in [6.07, 6.45) is 0. The Morgan fingerprint density at radius 1 is 0.947 bits per heavy atom. The highest BCUT2D eigenvalue weighted by Crippen LogP contribution is 2.33. The number of carbonyl (C=O) groups is 1. The Kier molecular flexibility index (Phi) is 5.12. The molecule has 3 nitrogen and oxygen atoms in total. The van der Waals surface area contributed by atoms with Crippen molar-refractivity contribution in [1.82, 2.24) is 0 Å². The molecule has 0 bridgehead atoms. The van der Waals surface area contributed by atoms with Crippen LogP contribution >= 0.6 is 0 Å². The second-order valence-corrected chi connectivity index (χ2v) is 5.04. The first-order chi connectivity index (χ1) is 8.86. The SMILES string of the molecule is CCN(C(=O)COC)c1c(C)c(C)c(C)c(C)c1C. The molecule has 0 aliphatic carbocycles. The minimum atomic E-state index is 0.0128. The summed E-state index contributed by atoms with van der Waals surface area (Å²) in [4.78, 5) is 14.0. The zero-order chi connectivity index (χ0) is 14.7. The molecule has 0 unspecified atom stereocenters. The van der Waals surface area contributed by atoms with Crippen LogP contribution in [0.4, 0.5) is 5.69 Å². The van der Waals surface area contributed by atoms with E-state index in [9.17, 15) is 4.79 Å². The van der Waals surface area contributed by atoms with Crippen LogP contribution in [0.15, 0.2) is 0 Å². The Morgan fingerprint density at radius 3 is 1.74 bits per heavy atom. The molecule has 0 N–H and O–H groups in total. The van der Waals surface area contributed by atoms with Crippen molar-refractivity contribution in [3.05, 3.63) is 27.8 Å². The standard InChI is InChI=1S/C16H25NO2/c1-8-17(15(18)9-19-7)16-13(5)11(3)10(2)12(4)14(16)6/h8-9H2,1-7H3. The third-order valence-electron chi connectivity index (χ3n) is 4.12. The number of anilines is 1. The quantitative estimate of drug-likeness (QED) is 0.834. The Hall–Kier alpha value is -1.35. The predicted octanol–water partition coefficient (Wildman–Crippen LogP) is 3.23. The second kappa shape index (κ2) is 6.20. The van der Waals surface area contributed by atoms with Gasteiger partial charge in [0.15, 0.2) is 0 Å². The van der Waals surface area contributed by atoms with E-state index in [2.05, 4.69) is 34.6 Å². The van der Waals surface area contributed by atoms with Crippen molar-refractivity contribution in [2.75, 3.05) is 25.2 Å². The molecule has 19 heavy (non-hydrogen) atoms. The molecule has 1 aromatic carbocycles. The molecule has 0 atom stereocenters. The number of amides is 1. The summed E-state index contributed by atoms with van der Waals surface area (Å²) < 4.78 is 4.98. The number of carbonyl (C=O) groups excluding carboxylic acids is 1. The van der Waals surface area contributed by atoms with Gasteiger partial charge in [0, 0.05) is 13.7 Å². The molecule has 1 aromatic rings. The van der Waals surface area contributed by atoms with Crippen molar-refractivity contribution in [3.8, 4) is 0 Å². The minimum absolute atomic E-state index is 0.0128. The third kappa shape index (κ3) is 2.81. The third-order valence-corrected chi connectivity index (χ3v) is 4.12. The average Bonchev–Trinajstić information content (AvgIpc) is 2.39. The van der Waals surface area contributed by atoms with E-state index in [-0.39, 0.29) is 12.5 Å². The molecule has 106 valence electrons. The highest BCUT2D eigenvalue weighted by Gasteiger charge is 2.21. The van der Waals surface area contributed by atoms with Gasteiger partial charge < -0.3 is 9.64 Å². The summed E-state index contributed by atoms with van der Waals surface area (Å²) in [6.45, 7) is 13.3. The van der Waals surface area contributed by atoms with Crippen LogP contribution in [0.2, 0.25) is 0 Å². The lowest BCUT2D eigenvalue weighted by atomic mass is 9.92. The summed E-state index contributed by atoms with van der Waals surface area (Å²) in [6, 6.07) is 0. The van der Waals surface area contributed by atoms with Gasteiger partial charge in [-0.2, -0.15) is 0 Å². The smallest absolute Gasteiger partial charge is 0.252 e. The van der Waals surface area contributed by atoms with Crippen molar-refractivity contribution >= 4 is 11.6 Å². The van der Waals surface area contributed by atoms with Crippen LogP contribution in [0.1, 0.15) is 34.7 Å². The maximum Gasteiger partial charge on any atom is 0.252 e. The first kappa shape index (κ1) is 15.7. The van der Waals surface area contributed by atoms with Crippen molar-refractivity contribution in [3.63, 3.8) is 0 Å². The van der Waals surface area contributed by atoms with Crippen LogP contribution in [-0.2, 0) is 9.53 Å². The molecule has 0 saturated heterocycles. The molecular formula is C16H25NO2. The fraction of sp³-hybridized carbons (Fsp3) is 0.562. The maximum atomic E-state index is 12.2. The molecule has 0 spiro atoms. The molecule has 3 heteroatoms. The van der Waals surface area contributed by atoms with Gasteiger partial charge >= 0.3 is 0 Å². The number of nitrogens with zero attached hydrogens (tertiary/aromatic N) is 1. The van der Waals surface area contributed by atoms with Gasteiger partial charge in [-0.1, -0.05) is 0 Å². The van der Waals surface area contributed by atoms with Gasteiger partial charge in [-0.3, -0.25) is 4.79 Å². The van der Waals surface area contributed by atoms with Crippen LogP contribution < -0.4 is 4.90 Å². The number of hydrogen-bond acceptors (Lipinski definition) is 2. The van der Waals surface area contributed by atoms with Crippen LogP contribution in [0.25, 0.3) is 0 Å². The molecule has 0 radical (unpaired) electrons. The van der Waals surface area contributed by atoms with Crippen molar-refractivity contribution in [2.45, 2.75) is 41.5 Å². The van der Waals surface area contributed by atoms with E-state index >= 15 is 0 Å². The Balaban J connectivity index is 3.44. The molecule has 0 aliphatic heterocycles. The lowest BCUT2D eigenvalue weighted by molar-refractivity contribution is -0.122. The van der Waals surface area contributed by atoms with Crippen LogP contribution in [0.3, 0.4) is 0 Å². The van der Waals surface area contributed by atoms with Gasteiger partial charge in [-0.25, -0.2) is 0 Å². The molecule has 0 aliphatic rings. The first-order valence-electron chi connectivity index (χ1n) is 6.73. The van der Waals surface area contributed by atoms with Crippen LogP contribution in [0, 0.1) is 34.6 Å². The minimum Gasteiger partial charge on any atom is -0.375 e. The summed E-state index contributed by atoms with van der Waals surface area (Å²) in [5, 5.41) is 0. The van der Waals surface area contributed by atoms with Crippen molar-refractivity contribution < 1.29 is 9.53 Å². The number of likely N-dealkylation sites (N-methyl/N-ethyl adjacent to an activating group) is 1. The highest BCUT2D eigenvalue weighted by atomic mass is 16.5. The number of ether oxygens (including phenoxy) is 1. The zero-order valence-electron chi connectivity index (χ0n) is 13.2. The van der Waals surface area contributed by atoms with Gasteiger partial charge in [0.2, 0.25) is 0 Å². The summed E-state index contributed by atoms with van der Waals surface area (Å²) in [7, 11) is 1.55. The lowest BCUT2D eigenvalue weighted by Crippen LogP contribution is -2.35. The zero-order valence-corrected chi connectivity index (χ0v) is 13.2. The number of benzene rings is 1. The Labute approximate surface area is 116 Å². The van der Waals surface area contributed by atoms with E-state index in [0.717, 1.165) is 5.69 Å². The number of hydrogen-bond donors (Lipinski definition) is 0. The summed E-state index contributed by atoms with van der Waals surface area (Å²) in [5.74, 6) is 0.0128. The molecule has 1 amide bonds. The van der Waals surface area contributed by atoms with E-state index in [1.807, 2.05) is 11.8 Å². The van der Waals surface area contributed by atoms with E-state index in [0.29, 0.717) is 6.54 Å². The first-order valence-corrected chi connectivity index (χ1v) is 6.73. The van der Waals surface area contributed by atoms with Gasteiger partial charge in [-0.15, -0.1) is 0 Å². The average molecular weight is 263 g/mol. The fourth-order valence-electron chi connectivity index (χ4n) is 2.55. The van der Waals surface area contributed by atoms with Gasteiger partial charge in [0.1, 0.15) is 6.61 Å². The van der Waals surface area contributed by atoms with Crippen LogP contribution in [-0.4, -0.2) is 26.2 Å². The second-order valence-electron chi connectivity index (χ2n) is 5.04. The van der Waals surface area contributed by atoms with Crippen LogP contribution in [0.5, 0.6) is 0 Å². The topological polar surface area (TPSA) is 29.5 Å². The van der Waals surface area contributed by atoms with E-state index in [4.69, 9.17) is 4.74 Å². The summed E-state index contributed by atoms with van der Waals surface area (Å²) >= 11 is 0. The Morgan fingerprint density at radius 2 is 1.37 bits per heavy atom. The van der Waals surface area contributed by atoms with Crippen molar-refractivity contribution in [2.24, 2.45) is 0 Å². The van der Waals surface area contributed by atoms with E-state index in [1.54, 1.807) is 7.11 Å². The highest BCUT2D eigenvalue weighted by molar-refractivity contribution is 5.96.